The van der Waals surface area contributed by atoms with Gasteiger partial charge in [0.2, 0.25) is 5.88 Å². The van der Waals surface area contributed by atoms with E-state index in [0.29, 0.717) is 73.1 Å². The highest BCUT2D eigenvalue weighted by Crippen LogP contribution is 2.33. The maximum absolute atomic E-state index is 15.2. The Morgan fingerprint density at radius 1 is 1.04 bits per heavy atom. The van der Waals surface area contributed by atoms with Gasteiger partial charge in [-0.3, -0.25) is 0 Å². The third-order valence-corrected chi connectivity index (χ3v) is 8.99. The van der Waals surface area contributed by atoms with Crippen LogP contribution in [0.4, 0.5) is 10.1 Å². The smallest absolute Gasteiger partial charge is 0.335 e. The van der Waals surface area contributed by atoms with Crippen molar-refractivity contribution in [1.82, 2.24) is 14.5 Å². The number of carbonyl (C=O) groups is 1. The molecule has 256 valence electrons. The third kappa shape index (κ3) is 7.02. The topological polar surface area (TPSA) is 119 Å². The van der Waals surface area contributed by atoms with E-state index in [-0.39, 0.29) is 43.1 Å². The first-order chi connectivity index (χ1) is 24.4. The van der Waals surface area contributed by atoms with Crippen molar-refractivity contribution in [3.63, 3.8) is 0 Å². The van der Waals surface area contributed by atoms with Crippen LogP contribution in [-0.4, -0.2) is 65.3 Å². The zero-order valence-corrected chi connectivity index (χ0v) is 27.5. The molecular weight excluding hydrogens is 643 g/mol. The number of ether oxygens (including phenoxy) is 5. The molecule has 5 aromatic rings. The second kappa shape index (κ2) is 14.6. The summed E-state index contributed by atoms with van der Waals surface area (Å²) in [6.45, 7) is 10.0. The van der Waals surface area contributed by atoms with Crippen LogP contribution in [0.1, 0.15) is 44.9 Å². The quantitative estimate of drug-likeness (QED) is 0.137. The molecule has 2 aliphatic rings. The normalized spacial score (nSPS) is 15.7. The van der Waals surface area contributed by atoms with Gasteiger partial charge in [-0.2, -0.15) is 0 Å². The van der Waals surface area contributed by atoms with Crippen molar-refractivity contribution in [2.24, 2.45) is 0 Å². The summed E-state index contributed by atoms with van der Waals surface area (Å²) in [5, 5.41) is 9.92. The molecule has 2 aromatic heterocycles. The van der Waals surface area contributed by atoms with Gasteiger partial charge in [-0.25, -0.2) is 24.0 Å². The van der Waals surface area contributed by atoms with Gasteiger partial charge in [0.1, 0.15) is 41.8 Å². The highest BCUT2D eigenvalue weighted by molar-refractivity contribution is 5.95. The number of hydrogen-bond donors (Lipinski definition) is 1. The molecule has 0 unspecified atom stereocenters. The average Bonchev–Trinajstić information content (AvgIpc) is 3.45. The first-order valence-corrected chi connectivity index (χ1v) is 16.4. The zero-order valence-electron chi connectivity index (χ0n) is 27.5. The molecule has 3 aromatic carbocycles. The number of nitrogens with zero attached hydrogens (tertiary/aromatic N) is 4. The number of carboxylic acids is 1. The van der Waals surface area contributed by atoms with Crippen LogP contribution in [0.25, 0.3) is 27.1 Å². The lowest BCUT2D eigenvalue weighted by molar-refractivity contribution is -0.0589. The van der Waals surface area contributed by atoms with E-state index in [1.165, 1.54) is 18.2 Å². The summed E-state index contributed by atoms with van der Waals surface area (Å²) in [6, 6.07) is 17.1. The van der Waals surface area contributed by atoms with E-state index in [1.54, 1.807) is 19.2 Å². The van der Waals surface area contributed by atoms with E-state index < -0.39 is 11.8 Å². The molecule has 7 rings (SSSR count). The lowest BCUT2D eigenvalue weighted by Crippen LogP contribution is -2.31. The predicted molar refractivity (Wildman–Crippen MR) is 181 cm³/mol. The lowest BCUT2D eigenvalue weighted by atomic mass is 9.99. The molecule has 0 spiro atoms. The molecule has 1 N–H and O–H groups in total. The molecule has 0 amide bonds. The van der Waals surface area contributed by atoms with Crippen molar-refractivity contribution in [2.45, 2.75) is 45.1 Å². The number of pyridine rings is 1. The first-order valence-electron chi connectivity index (χ1n) is 16.4. The van der Waals surface area contributed by atoms with E-state index in [9.17, 15) is 9.90 Å². The average molecular weight is 679 g/mol. The second-order valence-corrected chi connectivity index (χ2v) is 12.2. The summed E-state index contributed by atoms with van der Waals surface area (Å²) in [4.78, 5) is 25.2. The fourth-order valence-electron chi connectivity index (χ4n) is 6.21. The number of aromatic nitrogens is 3. The minimum absolute atomic E-state index is 0.0315. The molecule has 12 heteroatoms. The van der Waals surface area contributed by atoms with Gasteiger partial charge in [-0.1, -0.05) is 30.3 Å². The van der Waals surface area contributed by atoms with E-state index in [1.807, 2.05) is 34.9 Å². The molecule has 4 heterocycles. The molecule has 2 aliphatic heterocycles. The zero-order chi connectivity index (χ0) is 34.6. The van der Waals surface area contributed by atoms with Gasteiger partial charge in [0.25, 0.3) is 0 Å². The Hall–Kier alpha value is -5.35. The Bertz CT molecular complexity index is 2100. The van der Waals surface area contributed by atoms with Gasteiger partial charge in [-0.15, -0.1) is 0 Å². The summed E-state index contributed by atoms with van der Waals surface area (Å²) < 4.78 is 46.4. The number of methoxy groups -OCH3 is 1. The predicted octanol–water partition coefficient (Wildman–Crippen LogP) is 6.54. The number of carboxylic acid groups (broad SMARTS) is 1. The Morgan fingerprint density at radius 3 is 2.70 bits per heavy atom. The van der Waals surface area contributed by atoms with Crippen molar-refractivity contribution in [1.29, 1.82) is 0 Å². The SMILES string of the molecule is [C-]#[N+]c1ccc2c(c1)CCOCc1cc(ccc1Cc1nc3c(OCCOC)cc(C(=O)O)cc3n1C[C@@H]1CCO1)-c1nc(ccc1F)OC2. The third-order valence-electron chi connectivity index (χ3n) is 8.99. The number of rotatable bonds is 9. The van der Waals surface area contributed by atoms with Crippen LogP contribution < -0.4 is 9.47 Å². The molecule has 1 fully saturated rings. The van der Waals surface area contributed by atoms with Gasteiger partial charge in [-0.05, 0) is 59.4 Å². The fraction of sp³-hybridized carbons (Fsp3) is 0.316. The molecule has 0 saturated carbocycles. The fourth-order valence-corrected chi connectivity index (χ4v) is 6.21. The van der Waals surface area contributed by atoms with Crippen molar-refractivity contribution >= 4 is 22.7 Å². The molecule has 0 aliphatic carbocycles. The van der Waals surface area contributed by atoms with Crippen LogP contribution in [0.2, 0.25) is 0 Å². The summed E-state index contributed by atoms with van der Waals surface area (Å²) >= 11 is 0. The molecule has 11 nitrogen and oxygen atoms in total. The van der Waals surface area contributed by atoms with E-state index >= 15 is 4.39 Å². The number of halogens is 1. The largest absolute Gasteiger partial charge is 0.489 e. The molecular formula is C38H35FN4O7. The standard InChI is InChI=1S/C38H35FN4O7/c1-40-29-6-5-26-22-50-35-8-7-31(39)36(42-35)25-4-3-23(28(15-25)21-47-11-9-24(26)16-29)19-34-41-37-32(43(34)20-30-10-12-48-30)17-27(38(44)45)18-33(37)49-14-13-46-2/h3-8,15-18,30H,9-14,19-22H2,2H3,(H,44,45)/t30-/m0/s1. The Morgan fingerprint density at radius 2 is 1.92 bits per heavy atom. The molecule has 1 atom stereocenters. The van der Waals surface area contributed by atoms with Crippen LogP contribution in [0, 0.1) is 12.4 Å². The van der Waals surface area contributed by atoms with Crippen LogP contribution in [0.15, 0.2) is 60.7 Å². The van der Waals surface area contributed by atoms with Gasteiger partial charge in [0, 0.05) is 31.8 Å². The highest BCUT2D eigenvalue weighted by atomic mass is 19.1. The lowest BCUT2D eigenvalue weighted by Gasteiger charge is -2.27. The van der Waals surface area contributed by atoms with Crippen LogP contribution in [0.5, 0.6) is 11.6 Å². The minimum atomic E-state index is -1.07. The maximum Gasteiger partial charge on any atom is 0.335 e. The number of aromatic carboxylic acids is 1. The summed E-state index contributed by atoms with van der Waals surface area (Å²) in [5.74, 6) is -0.216. The number of fused-ring (bicyclic) bond motifs is 7. The van der Waals surface area contributed by atoms with Gasteiger partial charge < -0.3 is 33.4 Å². The van der Waals surface area contributed by atoms with Crippen molar-refractivity contribution < 1.29 is 38.0 Å². The number of hydrogen-bond acceptors (Lipinski definition) is 8. The van der Waals surface area contributed by atoms with Crippen molar-refractivity contribution in [3.8, 4) is 22.9 Å². The van der Waals surface area contributed by atoms with E-state index in [0.717, 1.165) is 28.7 Å². The molecule has 0 radical (unpaired) electrons. The summed E-state index contributed by atoms with van der Waals surface area (Å²) in [6.07, 6.45) is 1.78. The summed E-state index contributed by atoms with van der Waals surface area (Å²) in [7, 11) is 1.57. The van der Waals surface area contributed by atoms with Crippen LogP contribution >= 0.6 is 0 Å². The second-order valence-electron chi connectivity index (χ2n) is 12.2. The van der Waals surface area contributed by atoms with Gasteiger partial charge in [0.05, 0.1) is 50.1 Å². The van der Waals surface area contributed by atoms with Crippen molar-refractivity contribution in [3.05, 3.63) is 112 Å². The van der Waals surface area contributed by atoms with Crippen molar-refractivity contribution in [2.75, 3.05) is 33.5 Å². The van der Waals surface area contributed by atoms with Gasteiger partial charge >= 0.3 is 5.97 Å². The van der Waals surface area contributed by atoms with Crippen LogP contribution in [-0.2, 0) is 46.8 Å². The summed E-state index contributed by atoms with van der Waals surface area (Å²) in [5.41, 5.74) is 6.08. The Balaban J connectivity index is 1.29. The molecule has 50 heavy (non-hydrogen) atoms. The monoisotopic (exact) mass is 678 g/mol. The van der Waals surface area contributed by atoms with E-state index in [4.69, 9.17) is 35.2 Å². The minimum Gasteiger partial charge on any atom is -0.489 e. The van der Waals surface area contributed by atoms with Gasteiger partial charge in [0.15, 0.2) is 5.69 Å². The maximum atomic E-state index is 15.2. The Kier molecular flexibility index (Phi) is 9.71. The van der Waals surface area contributed by atoms with Crippen LogP contribution in [0.3, 0.4) is 0 Å². The highest BCUT2D eigenvalue weighted by Gasteiger charge is 2.25. The molecule has 4 bridgehead atoms. The number of imidazole rings is 1. The van der Waals surface area contributed by atoms with E-state index in [2.05, 4.69) is 9.83 Å². The molecule has 1 saturated heterocycles. The Labute approximate surface area is 288 Å². The number of benzene rings is 3. The first kappa shape index (κ1) is 33.2.